The lowest BCUT2D eigenvalue weighted by atomic mass is 9.87. The molecule has 1 unspecified atom stereocenters. The van der Waals surface area contributed by atoms with Gasteiger partial charge in [-0.25, -0.2) is 0 Å². The Balaban J connectivity index is 1.86. The third kappa shape index (κ3) is 4.01. The number of hydrogen-bond donors (Lipinski definition) is 1. The van der Waals surface area contributed by atoms with Crippen molar-refractivity contribution >= 4 is 0 Å². The van der Waals surface area contributed by atoms with Crippen LogP contribution in [0.3, 0.4) is 0 Å². The molecule has 1 aliphatic rings. The fourth-order valence-corrected chi connectivity index (χ4v) is 2.80. The van der Waals surface area contributed by atoms with E-state index in [0.717, 1.165) is 18.9 Å². The van der Waals surface area contributed by atoms with E-state index in [-0.39, 0.29) is 6.61 Å². The summed E-state index contributed by atoms with van der Waals surface area (Å²) in [5.41, 5.74) is -0.476. The molecule has 1 aliphatic carbocycles. The average molecular weight is 267 g/mol. The van der Waals surface area contributed by atoms with Crippen LogP contribution in [0.15, 0.2) is 6.20 Å². The molecule has 19 heavy (non-hydrogen) atoms. The maximum atomic E-state index is 10.2. The maximum Gasteiger partial charge on any atom is 0.130 e. The van der Waals surface area contributed by atoms with Crippen molar-refractivity contribution in [1.29, 1.82) is 0 Å². The van der Waals surface area contributed by atoms with Crippen molar-refractivity contribution in [3.05, 3.63) is 11.9 Å². The van der Waals surface area contributed by atoms with E-state index in [2.05, 4.69) is 10.3 Å². The molecule has 1 atom stereocenters. The second-order valence-electron chi connectivity index (χ2n) is 5.87. The number of hydrogen-bond acceptors (Lipinski definition) is 4. The molecule has 1 saturated carbocycles. The molecule has 5 heteroatoms. The summed E-state index contributed by atoms with van der Waals surface area (Å²) in [5.74, 6) is 0.834. The normalized spacial score (nSPS) is 20.4. The van der Waals surface area contributed by atoms with Crippen molar-refractivity contribution in [2.24, 2.45) is 5.92 Å². The van der Waals surface area contributed by atoms with E-state index in [0.29, 0.717) is 5.69 Å². The Morgan fingerprint density at radius 1 is 1.42 bits per heavy atom. The van der Waals surface area contributed by atoms with Crippen LogP contribution >= 0.6 is 0 Å². The molecule has 0 aliphatic heterocycles. The van der Waals surface area contributed by atoms with Crippen LogP contribution in [0.2, 0.25) is 0 Å². The molecule has 0 radical (unpaired) electrons. The van der Waals surface area contributed by atoms with Gasteiger partial charge in [0.1, 0.15) is 11.3 Å². The largest absolute Gasteiger partial charge is 0.381 e. The lowest BCUT2D eigenvalue weighted by molar-refractivity contribution is -0.0240. The first-order valence-corrected chi connectivity index (χ1v) is 7.24. The first-order valence-electron chi connectivity index (χ1n) is 7.24. The second kappa shape index (κ2) is 6.48. The number of methoxy groups -OCH3 is 1. The predicted molar refractivity (Wildman–Crippen MR) is 72.7 cm³/mol. The predicted octanol–water partition coefficient (Wildman–Crippen LogP) is 2.10. The molecule has 0 saturated heterocycles. The Morgan fingerprint density at radius 2 is 2.16 bits per heavy atom. The van der Waals surface area contributed by atoms with Crippen LogP contribution in [0.5, 0.6) is 0 Å². The van der Waals surface area contributed by atoms with Gasteiger partial charge in [0.05, 0.1) is 12.8 Å². The lowest BCUT2D eigenvalue weighted by Gasteiger charge is -2.21. The van der Waals surface area contributed by atoms with Crippen LogP contribution < -0.4 is 0 Å². The summed E-state index contributed by atoms with van der Waals surface area (Å²) in [6.07, 6.45) is 9.83. The first kappa shape index (κ1) is 14.5. The number of nitrogens with zero attached hydrogens (tertiary/aromatic N) is 3. The van der Waals surface area contributed by atoms with Crippen LogP contribution in [0.25, 0.3) is 0 Å². The summed E-state index contributed by atoms with van der Waals surface area (Å²) in [6, 6.07) is 0. The third-order valence-corrected chi connectivity index (χ3v) is 4.01. The monoisotopic (exact) mass is 267 g/mol. The molecule has 1 heterocycles. The zero-order valence-electron chi connectivity index (χ0n) is 12.0. The number of rotatable bonds is 6. The van der Waals surface area contributed by atoms with E-state index in [1.54, 1.807) is 14.0 Å². The minimum Gasteiger partial charge on any atom is -0.381 e. The van der Waals surface area contributed by atoms with Gasteiger partial charge < -0.3 is 9.84 Å². The Morgan fingerprint density at radius 3 is 2.84 bits per heavy atom. The van der Waals surface area contributed by atoms with Crippen molar-refractivity contribution < 1.29 is 9.84 Å². The highest BCUT2D eigenvalue weighted by Gasteiger charge is 2.26. The van der Waals surface area contributed by atoms with Gasteiger partial charge in [-0.3, -0.25) is 4.68 Å². The van der Waals surface area contributed by atoms with E-state index in [9.17, 15) is 5.11 Å². The number of ether oxygens (including phenoxy) is 1. The maximum absolute atomic E-state index is 10.2. The van der Waals surface area contributed by atoms with E-state index in [1.165, 1.54) is 32.1 Å². The SMILES string of the molecule is COCC(C)(O)c1cn(CCC2CCCCC2)nn1. The molecule has 108 valence electrons. The molecule has 1 fully saturated rings. The van der Waals surface area contributed by atoms with Gasteiger partial charge in [-0.2, -0.15) is 0 Å². The highest BCUT2D eigenvalue weighted by molar-refractivity contribution is 5.04. The number of aromatic nitrogens is 3. The van der Waals surface area contributed by atoms with Gasteiger partial charge in [0.15, 0.2) is 0 Å². The van der Waals surface area contributed by atoms with Gasteiger partial charge in [-0.15, -0.1) is 5.10 Å². The van der Waals surface area contributed by atoms with Gasteiger partial charge in [0.25, 0.3) is 0 Å². The summed E-state index contributed by atoms with van der Waals surface area (Å²) in [4.78, 5) is 0. The molecule has 1 N–H and O–H groups in total. The van der Waals surface area contributed by atoms with Crippen LogP contribution in [0.4, 0.5) is 0 Å². The summed E-state index contributed by atoms with van der Waals surface area (Å²) in [7, 11) is 1.57. The molecule has 0 bridgehead atoms. The third-order valence-electron chi connectivity index (χ3n) is 4.01. The van der Waals surface area contributed by atoms with Gasteiger partial charge in [0, 0.05) is 13.7 Å². The van der Waals surface area contributed by atoms with Gasteiger partial charge in [-0.1, -0.05) is 37.3 Å². The molecular weight excluding hydrogens is 242 g/mol. The van der Waals surface area contributed by atoms with Gasteiger partial charge in [-0.05, 0) is 19.3 Å². The minimum atomic E-state index is -1.06. The Bertz CT molecular complexity index is 384. The van der Waals surface area contributed by atoms with Crippen molar-refractivity contribution in [3.8, 4) is 0 Å². The topological polar surface area (TPSA) is 60.2 Å². The number of aryl methyl sites for hydroxylation is 1. The van der Waals surface area contributed by atoms with Crippen LogP contribution in [0.1, 0.15) is 51.1 Å². The Kier molecular flexibility index (Phi) is 4.93. The summed E-state index contributed by atoms with van der Waals surface area (Å²) >= 11 is 0. The van der Waals surface area contributed by atoms with E-state index >= 15 is 0 Å². The smallest absolute Gasteiger partial charge is 0.130 e. The Hall–Kier alpha value is -0.940. The minimum absolute atomic E-state index is 0.230. The number of aliphatic hydroxyl groups is 1. The van der Waals surface area contributed by atoms with Gasteiger partial charge >= 0.3 is 0 Å². The summed E-state index contributed by atoms with van der Waals surface area (Å²) < 4.78 is 6.84. The molecular formula is C14H25N3O2. The molecule has 5 nitrogen and oxygen atoms in total. The van der Waals surface area contributed by atoms with Crippen LogP contribution in [0, 0.1) is 5.92 Å². The quantitative estimate of drug-likeness (QED) is 0.857. The highest BCUT2D eigenvalue weighted by Crippen LogP contribution is 2.26. The Labute approximate surface area is 115 Å². The molecule has 2 rings (SSSR count). The van der Waals surface area contributed by atoms with Crippen molar-refractivity contribution in [3.63, 3.8) is 0 Å². The molecule has 0 aromatic carbocycles. The van der Waals surface area contributed by atoms with Crippen LogP contribution in [-0.4, -0.2) is 33.8 Å². The van der Waals surface area contributed by atoms with E-state index in [4.69, 9.17) is 4.74 Å². The zero-order valence-corrected chi connectivity index (χ0v) is 12.0. The second-order valence-corrected chi connectivity index (χ2v) is 5.87. The lowest BCUT2D eigenvalue weighted by Crippen LogP contribution is -2.27. The van der Waals surface area contributed by atoms with E-state index in [1.807, 2.05) is 10.9 Å². The molecule has 1 aromatic rings. The highest BCUT2D eigenvalue weighted by atomic mass is 16.5. The van der Waals surface area contributed by atoms with Crippen LogP contribution in [-0.2, 0) is 16.9 Å². The van der Waals surface area contributed by atoms with Gasteiger partial charge in [0.2, 0.25) is 0 Å². The summed E-state index contributed by atoms with van der Waals surface area (Å²) in [5, 5.41) is 18.3. The van der Waals surface area contributed by atoms with Crippen molar-refractivity contribution in [2.45, 2.75) is 57.6 Å². The van der Waals surface area contributed by atoms with Crippen molar-refractivity contribution in [2.75, 3.05) is 13.7 Å². The zero-order chi connectivity index (χ0) is 13.7. The molecule has 1 aromatic heterocycles. The van der Waals surface area contributed by atoms with E-state index < -0.39 is 5.60 Å². The average Bonchev–Trinajstić information content (AvgIpc) is 2.87. The summed E-state index contributed by atoms with van der Waals surface area (Å²) in [6.45, 7) is 2.82. The first-order chi connectivity index (χ1) is 9.12. The molecule has 0 spiro atoms. The van der Waals surface area contributed by atoms with Crippen molar-refractivity contribution in [1.82, 2.24) is 15.0 Å². The fraction of sp³-hybridized carbons (Fsp3) is 0.857. The molecule has 0 amide bonds. The fourth-order valence-electron chi connectivity index (χ4n) is 2.80. The standard InChI is InChI=1S/C14H25N3O2/c1-14(18,11-19-2)13-10-17(16-15-13)9-8-12-6-4-3-5-7-12/h10,12,18H,3-9,11H2,1-2H3.